The van der Waals surface area contributed by atoms with Crippen molar-refractivity contribution in [1.82, 2.24) is 15.6 Å². The molecule has 0 spiro atoms. The van der Waals surface area contributed by atoms with E-state index < -0.39 is 9.84 Å². The van der Waals surface area contributed by atoms with Gasteiger partial charge < -0.3 is 15.4 Å². The lowest BCUT2D eigenvalue weighted by atomic mass is 10.3. The molecule has 0 radical (unpaired) electrons. The average Bonchev–Trinajstić information content (AvgIpc) is 3.03. The number of nitrogens with zero attached hydrogens (tertiary/aromatic N) is 2. The van der Waals surface area contributed by atoms with Gasteiger partial charge in [0.1, 0.15) is 12.4 Å². The first-order chi connectivity index (χ1) is 12.9. The van der Waals surface area contributed by atoms with Gasteiger partial charge >= 0.3 is 0 Å². The average molecular weight is 538 g/mol. The van der Waals surface area contributed by atoms with Crippen LogP contribution >= 0.6 is 35.3 Å². The summed E-state index contributed by atoms with van der Waals surface area (Å²) in [4.78, 5) is 9.25. The summed E-state index contributed by atoms with van der Waals surface area (Å²) in [5, 5.41) is 9.55. The SMILES string of the molecule is CCNC(=NCCc1csc(C)n1)NCCOc1ccc(S(C)(=O)=O)cc1.I. The first-order valence-corrected chi connectivity index (χ1v) is 11.5. The Morgan fingerprint density at radius 3 is 2.54 bits per heavy atom. The lowest BCUT2D eigenvalue weighted by Crippen LogP contribution is -2.39. The maximum atomic E-state index is 11.4. The van der Waals surface area contributed by atoms with E-state index in [0.29, 0.717) is 25.4 Å². The molecule has 28 heavy (non-hydrogen) atoms. The van der Waals surface area contributed by atoms with Gasteiger partial charge in [-0.05, 0) is 38.1 Å². The summed E-state index contributed by atoms with van der Waals surface area (Å²) < 4.78 is 28.5. The normalized spacial score (nSPS) is 11.6. The van der Waals surface area contributed by atoms with Crippen molar-refractivity contribution in [2.75, 3.05) is 32.5 Å². The van der Waals surface area contributed by atoms with Gasteiger partial charge in [0.05, 0.1) is 22.1 Å². The molecule has 0 saturated carbocycles. The molecule has 1 heterocycles. The minimum absolute atomic E-state index is 0. The number of aliphatic imine (C=N–C) groups is 1. The van der Waals surface area contributed by atoms with Gasteiger partial charge in [-0.25, -0.2) is 13.4 Å². The van der Waals surface area contributed by atoms with Gasteiger partial charge in [-0.3, -0.25) is 4.99 Å². The Morgan fingerprint density at radius 1 is 1.25 bits per heavy atom. The zero-order chi connectivity index (χ0) is 19.7. The van der Waals surface area contributed by atoms with Gasteiger partial charge in [0.2, 0.25) is 0 Å². The molecule has 2 aromatic rings. The van der Waals surface area contributed by atoms with Crippen molar-refractivity contribution in [2.45, 2.75) is 25.2 Å². The minimum atomic E-state index is -3.19. The van der Waals surface area contributed by atoms with Gasteiger partial charge in [0, 0.05) is 31.1 Å². The highest BCUT2D eigenvalue weighted by molar-refractivity contribution is 14.0. The van der Waals surface area contributed by atoms with Crippen molar-refractivity contribution in [2.24, 2.45) is 4.99 Å². The van der Waals surface area contributed by atoms with Crippen molar-refractivity contribution < 1.29 is 13.2 Å². The molecule has 0 aliphatic heterocycles. The van der Waals surface area contributed by atoms with Crippen LogP contribution in [-0.2, 0) is 16.3 Å². The topological polar surface area (TPSA) is 92.7 Å². The fourth-order valence-electron chi connectivity index (χ4n) is 2.27. The molecule has 2 N–H and O–H groups in total. The van der Waals surface area contributed by atoms with E-state index in [1.807, 2.05) is 13.8 Å². The van der Waals surface area contributed by atoms with Crippen LogP contribution in [0, 0.1) is 6.92 Å². The quantitative estimate of drug-likeness (QED) is 0.221. The van der Waals surface area contributed by atoms with E-state index in [9.17, 15) is 8.42 Å². The first kappa shape index (κ1) is 24.6. The van der Waals surface area contributed by atoms with Gasteiger partial charge in [0.25, 0.3) is 0 Å². The Hall–Kier alpha value is -1.40. The predicted octanol–water partition coefficient (Wildman–Crippen LogP) is 2.65. The summed E-state index contributed by atoms with van der Waals surface area (Å²) in [7, 11) is -3.19. The number of halogens is 1. The standard InChI is InChI=1S/C18H26N4O3S2.HI/c1-4-19-18(20-10-9-15-13-26-14(2)22-15)21-11-12-25-16-5-7-17(8-6-16)27(3,23)24;/h5-8,13H,4,9-12H2,1-3H3,(H2,19,20,21);1H. The van der Waals surface area contributed by atoms with Crippen LogP contribution in [0.3, 0.4) is 0 Å². The number of guanidine groups is 1. The first-order valence-electron chi connectivity index (χ1n) is 8.74. The highest BCUT2D eigenvalue weighted by atomic mass is 127. The summed E-state index contributed by atoms with van der Waals surface area (Å²) in [6.45, 7) is 6.46. The molecule has 10 heteroatoms. The van der Waals surface area contributed by atoms with Gasteiger partial charge in [0.15, 0.2) is 15.8 Å². The van der Waals surface area contributed by atoms with Crippen molar-refractivity contribution in [3.05, 3.63) is 40.3 Å². The monoisotopic (exact) mass is 538 g/mol. The van der Waals surface area contributed by atoms with Crippen molar-refractivity contribution in [3.63, 3.8) is 0 Å². The maximum Gasteiger partial charge on any atom is 0.191 e. The van der Waals surface area contributed by atoms with Crippen LogP contribution in [0.5, 0.6) is 5.75 Å². The van der Waals surface area contributed by atoms with Gasteiger partial charge in [-0.1, -0.05) is 0 Å². The molecule has 156 valence electrons. The number of thiazole rings is 1. The number of aromatic nitrogens is 1. The third kappa shape index (κ3) is 8.74. The van der Waals surface area contributed by atoms with Crippen LogP contribution in [0.2, 0.25) is 0 Å². The van der Waals surface area contributed by atoms with Crippen LogP contribution in [-0.4, -0.2) is 51.9 Å². The zero-order valence-electron chi connectivity index (χ0n) is 16.3. The van der Waals surface area contributed by atoms with Crippen LogP contribution in [0.1, 0.15) is 17.6 Å². The number of benzene rings is 1. The summed E-state index contributed by atoms with van der Waals surface area (Å²) in [6.07, 6.45) is 1.99. The molecule has 0 aliphatic rings. The third-order valence-electron chi connectivity index (χ3n) is 3.56. The maximum absolute atomic E-state index is 11.4. The number of hydrogen-bond donors (Lipinski definition) is 2. The molecule has 7 nitrogen and oxygen atoms in total. The fraction of sp³-hybridized carbons (Fsp3) is 0.444. The zero-order valence-corrected chi connectivity index (χ0v) is 20.2. The summed E-state index contributed by atoms with van der Waals surface area (Å²) in [5.74, 6) is 1.37. The Kier molecular flexibility index (Phi) is 10.8. The van der Waals surface area contributed by atoms with E-state index in [1.165, 1.54) is 6.26 Å². The van der Waals surface area contributed by atoms with Crippen LogP contribution in [0.4, 0.5) is 0 Å². The molecule has 0 saturated heterocycles. The molecule has 0 unspecified atom stereocenters. The van der Waals surface area contributed by atoms with E-state index in [0.717, 1.165) is 29.6 Å². The van der Waals surface area contributed by atoms with Gasteiger partial charge in [-0.15, -0.1) is 35.3 Å². The Bertz CT molecular complexity index is 852. The lowest BCUT2D eigenvalue weighted by molar-refractivity contribution is 0.321. The molecule has 1 aromatic carbocycles. The second-order valence-electron chi connectivity index (χ2n) is 5.89. The largest absolute Gasteiger partial charge is 0.492 e. The Balaban J connectivity index is 0.00000392. The molecule has 0 amide bonds. The number of ether oxygens (including phenoxy) is 1. The number of aryl methyl sites for hydroxylation is 1. The lowest BCUT2D eigenvalue weighted by Gasteiger charge is -2.12. The molecular weight excluding hydrogens is 511 g/mol. The number of hydrogen-bond acceptors (Lipinski definition) is 6. The van der Waals surface area contributed by atoms with Crippen LogP contribution < -0.4 is 15.4 Å². The highest BCUT2D eigenvalue weighted by Gasteiger charge is 2.06. The second kappa shape index (κ2) is 12.2. The minimum Gasteiger partial charge on any atom is -0.492 e. The van der Waals surface area contributed by atoms with Gasteiger partial charge in [-0.2, -0.15) is 0 Å². The molecule has 2 rings (SSSR count). The smallest absolute Gasteiger partial charge is 0.191 e. The molecule has 0 fully saturated rings. The van der Waals surface area contributed by atoms with E-state index in [1.54, 1.807) is 35.6 Å². The second-order valence-corrected chi connectivity index (χ2v) is 8.97. The molecular formula is C18H27IN4O3S2. The van der Waals surface area contributed by atoms with Crippen LogP contribution in [0.25, 0.3) is 0 Å². The molecule has 0 bridgehead atoms. The van der Waals surface area contributed by atoms with E-state index in [2.05, 4.69) is 26.0 Å². The summed E-state index contributed by atoms with van der Waals surface area (Å²) in [6, 6.07) is 6.41. The molecule has 0 aliphatic carbocycles. The number of nitrogens with one attached hydrogen (secondary N) is 2. The third-order valence-corrected chi connectivity index (χ3v) is 5.51. The number of sulfone groups is 1. The number of rotatable bonds is 9. The Labute approximate surface area is 188 Å². The van der Waals surface area contributed by atoms with Crippen LogP contribution in [0.15, 0.2) is 39.5 Å². The van der Waals surface area contributed by atoms with Crippen molar-refractivity contribution in [1.29, 1.82) is 0 Å². The Morgan fingerprint density at radius 2 is 1.96 bits per heavy atom. The highest BCUT2D eigenvalue weighted by Crippen LogP contribution is 2.15. The molecule has 1 aromatic heterocycles. The molecule has 0 atom stereocenters. The van der Waals surface area contributed by atoms with Crippen molar-refractivity contribution >= 4 is 51.1 Å². The van der Waals surface area contributed by atoms with Crippen molar-refractivity contribution in [3.8, 4) is 5.75 Å². The van der Waals surface area contributed by atoms with E-state index in [-0.39, 0.29) is 28.9 Å². The summed E-state index contributed by atoms with van der Waals surface area (Å²) >= 11 is 1.65. The predicted molar refractivity (Wildman–Crippen MR) is 125 cm³/mol. The van der Waals surface area contributed by atoms with E-state index >= 15 is 0 Å². The summed E-state index contributed by atoms with van der Waals surface area (Å²) in [5.41, 5.74) is 1.07. The fourth-order valence-corrected chi connectivity index (χ4v) is 3.55. The van der Waals surface area contributed by atoms with E-state index in [4.69, 9.17) is 4.74 Å².